The number of fused-ring (bicyclic) bond motifs is 2. The van der Waals surface area contributed by atoms with Gasteiger partial charge in [-0.25, -0.2) is 0 Å². The van der Waals surface area contributed by atoms with Crippen LogP contribution in [0.1, 0.15) is 0 Å². The van der Waals surface area contributed by atoms with Crippen molar-refractivity contribution in [3.05, 3.63) is 0 Å². The second-order valence-corrected chi connectivity index (χ2v) is 2.87. The predicted octanol–water partition coefficient (Wildman–Crippen LogP) is -2.17. The lowest BCUT2D eigenvalue weighted by Gasteiger charge is -2.28. The van der Waals surface area contributed by atoms with Crippen LogP contribution in [0.2, 0.25) is 0 Å². The molecule has 0 saturated carbocycles. The lowest BCUT2D eigenvalue weighted by Crippen LogP contribution is -2.50. The molecule has 0 aromatic heterocycles. The summed E-state index contributed by atoms with van der Waals surface area (Å²) in [7, 11) is 0. The molecule has 11 heavy (non-hydrogen) atoms. The molecule has 64 valence electrons. The molecule has 2 bridgehead atoms. The van der Waals surface area contributed by atoms with Gasteiger partial charge in [0.2, 0.25) is 5.79 Å². The first-order valence-electron chi connectivity index (χ1n) is 3.48. The lowest BCUT2D eigenvalue weighted by molar-refractivity contribution is -0.224. The van der Waals surface area contributed by atoms with E-state index in [2.05, 4.69) is 0 Å². The van der Waals surface area contributed by atoms with E-state index in [4.69, 9.17) is 14.6 Å². The van der Waals surface area contributed by atoms with Gasteiger partial charge in [-0.1, -0.05) is 0 Å². The smallest absolute Gasteiger partial charge is 0.221 e. The number of aliphatic hydroxyl groups excluding tert-OH is 3. The normalized spacial score (nSPS) is 55.4. The van der Waals surface area contributed by atoms with Gasteiger partial charge in [0.05, 0.1) is 6.61 Å². The maximum absolute atomic E-state index is 9.28. The molecule has 2 rings (SSSR count). The van der Waals surface area contributed by atoms with Crippen molar-refractivity contribution >= 4 is 0 Å². The van der Waals surface area contributed by atoms with Crippen molar-refractivity contribution in [3.63, 3.8) is 0 Å². The molecule has 1 unspecified atom stereocenters. The fourth-order valence-electron chi connectivity index (χ4n) is 1.51. The average Bonchev–Trinajstić information content (AvgIpc) is 2.53. The Labute approximate surface area is 63.2 Å². The summed E-state index contributed by atoms with van der Waals surface area (Å²) in [6, 6.07) is 0. The van der Waals surface area contributed by atoms with Gasteiger partial charge in [-0.15, -0.1) is 0 Å². The van der Waals surface area contributed by atoms with Crippen molar-refractivity contribution in [3.8, 4) is 0 Å². The third-order valence-corrected chi connectivity index (χ3v) is 2.22. The van der Waals surface area contributed by atoms with Gasteiger partial charge in [0, 0.05) is 0 Å². The highest BCUT2D eigenvalue weighted by molar-refractivity contribution is 5.01. The Morgan fingerprint density at radius 1 is 1.45 bits per heavy atom. The van der Waals surface area contributed by atoms with E-state index in [0.29, 0.717) is 0 Å². The summed E-state index contributed by atoms with van der Waals surface area (Å²) in [5.74, 6) is -1.36. The topological polar surface area (TPSA) is 79.2 Å². The van der Waals surface area contributed by atoms with Crippen LogP contribution in [0.4, 0.5) is 0 Å². The molecule has 0 aromatic carbocycles. The van der Waals surface area contributed by atoms with E-state index in [1.165, 1.54) is 0 Å². The molecule has 2 aliphatic heterocycles. The van der Waals surface area contributed by atoms with E-state index < -0.39 is 30.7 Å². The van der Waals surface area contributed by atoms with Crippen molar-refractivity contribution in [1.82, 2.24) is 0 Å². The number of rotatable bonds is 1. The lowest BCUT2D eigenvalue weighted by atomic mass is 10.0. The summed E-state index contributed by atoms with van der Waals surface area (Å²) in [4.78, 5) is 0. The van der Waals surface area contributed by atoms with Gasteiger partial charge in [0.15, 0.2) is 0 Å². The van der Waals surface area contributed by atoms with Gasteiger partial charge >= 0.3 is 0 Å². The van der Waals surface area contributed by atoms with Crippen molar-refractivity contribution < 1.29 is 24.8 Å². The second kappa shape index (κ2) is 2.15. The van der Waals surface area contributed by atoms with Crippen LogP contribution in [0.15, 0.2) is 0 Å². The van der Waals surface area contributed by atoms with Crippen molar-refractivity contribution in [1.29, 1.82) is 0 Å². The van der Waals surface area contributed by atoms with Crippen LogP contribution in [0.3, 0.4) is 0 Å². The number of hydrogen-bond acceptors (Lipinski definition) is 5. The molecule has 2 aliphatic rings. The number of ether oxygens (including phenoxy) is 2. The summed E-state index contributed by atoms with van der Waals surface area (Å²) < 4.78 is 10.1. The van der Waals surface area contributed by atoms with Crippen LogP contribution in [0, 0.1) is 0 Å². The van der Waals surface area contributed by atoms with Gasteiger partial charge in [-0.3, -0.25) is 0 Å². The van der Waals surface area contributed by atoms with Gasteiger partial charge < -0.3 is 24.8 Å². The SMILES string of the molecule is OCC12OC[C@@H](O1)[C@@H](O)[C@@H]2O. The van der Waals surface area contributed by atoms with Gasteiger partial charge in [-0.05, 0) is 0 Å². The Bertz CT molecular complexity index is 172. The molecule has 2 saturated heterocycles. The first-order chi connectivity index (χ1) is 5.19. The van der Waals surface area contributed by atoms with Crippen LogP contribution in [0.5, 0.6) is 0 Å². The molecule has 5 heteroatoms. The zero-order valence-electron chi connectivity index (χ0n) is 5.80. The molecule has 2 fully saturated rings. The Kier molecular flexibility index (Phi) is 1.45. The molecule has 4 atom stereocenters. The zero-order chi connectivity index (χ0) is 8.06. The Hall–Kier alpha value is -0.200. The quantitative estimate of drug-likeness (QED) is 0.409. The van der Waals surface area contributed by atoms with Crippen molar-refractivity contribution in [2.24, 2.45) is 0 Å². The van der Waals surface area contributed by atoms with Gasteiger partial charge in [0.1, 0.15) is 24.9 Å². The summed E-state index contributed by atoms with van der Waals surface area (Å²) in [6.45, 7) is -0.194. The standard InChI is InChI=1S/C6H10O5/c7-2-6-5(9)4(8)3(11-6)1-10-6/h3-5,7-9H,1-2H2/t3-,4-,5+,6?/m1/s1. The third-order valence-electron chi connectivity index (χ3n) is 2.22. The molecule has 0 amide bonds. The van der Waals surface area contributed by atoms with Gasteiger partial charge in [-0.2, -0.15) is 0 Å². The molecular formula is C6H10O5. The Morgan fingerprint density at radius 2 is 2.18 bits per heavy atom. The largest absolute Gasteiger partial charge is 0.391 e. The van der Waals surface area contributed by atoms with Crippen molar-refractivity contribution in [2.45, 2.75) is 24.1 Å². The van der Waals surface area contributed by atoms with Gasteiger partial charge in [0.25, 0.3) is 0 Å². The monoisotopic (exact) mass is 162 g/mol. The minimum absolute atomic E-state index is 0.235. The van der Waals surface area contributed by atoms with E-state index in [0.717, 1.165) is 0 Å². The first kappa shape index (κ1) is 7.45. The fourth-order valence-corrected chi connectivity index (χ4v) is 1.51. The van der Waals surface area contributed by atoms with Crippen LogP contribution in [0.25, 0.3) is 0 Å². The minimum Gasteiger partial charge on any atom is -0.391 e. The van der Waals surface area contributed by atoms with Crippen LogP contribution in [-0.4, -0.2) is 52.6 Å². The first-order valence-corrected chi connectivity index (χ1v) is 3.48. The average molecular weight is 162 g/mol. The molecule has 5 nitrogen and oxygen atoms in total. The van der Waals surface area contributed by atoms with E-state index in [1.54, 1.807) is 0 Å². The summed E-state index contributed by atoms with van der Waals surface area (Å²) in [6.07, 6.45) is -2.56. The zero-order valence-corrected chi connectivity index (χ0v) is 5.80. The second-order valence-electron chi connectivity index (χ2n) is 2.87. The summed E-state index contributed by atoms with van der Waals surface area (Å²) >= 11 is 0. The van der Waals surface area contributed by atoms with Crippen molar-refractivity contribution in [2.75, 3.05) is 13.2 Å². The van der Waals surface area contributed by atoms with E-state index in [9.17, 15) is 10.2 Å². The van der Waals surface area contributed by atoms with E-state index in [1.807, 2.05) is 0 Å². The highest BCUT2D eigenvalue weighted by Gasteiger charge is 2.60. The highest BCUT2D eigenvalue weighted by Crippen LogP contribution is 2.38. The highest BCUT2D eigenvalue weighted by atomic mass is 16.8. The molecule has 0 aromatic rings. The minimum atomic E-state index is -1.36. The number of hydrogen-bond donors (Lipinski definition) is 3. The summed E-state index contributed by atoms with van der Waals surface area (Å²) in [5, 5.41) is 27.3. The molecule has 3 N–H and O–H groups in total. The Morgan fingerprint density at radius 3 is 2.55 bits per heavy atom. The molecule has 0 aliphatic carbocycles. The predicted molar refractivity (Wildman–Crippen MR) is 32.7 cm³/mol. The molecule has 0 spiro atoms. The van der Waals surface area contributed by atoms with Crippen LogP contribution >= 0.6 is 0 Å². The molecule has 0 radical (unpaired) electrons. The molecular weight excluding hydrogens is 152 g/mol. The maximum atomic E-state index is 9.28. The van der Waals surface area contributed by atoms with E-state index in [-0.39, 0.29) is 6.61 Å². The molecule has 2 heterocycles. The summed E-state index contributed by atoms with van der Waals surface area (Å²) in [5.41, 5.74) is 0. The van der Waals surface area contributed by atoms with E-state index >= 15 is 0 Å². The maximum Gasteiger partial charge on any atom is 0.221 e. The number of aliphatic hydroxyl groups is 3. The fraction of sp³-hybridized carbons (Fsp3) is 1.00. The third kappa shape index (κ3) is 0.771. The Balaban J connectivity index is 2.23. The van der Waals surface area contributed by atoms with Crippen LogP contribution in [-0.2, 0) is 9.47 Å². The van der Waals surface area contributed by atoms with Crippen LogP contribution < -0.4 is 0 Å².